The fourth-order valence-electron chi connectivity index (χ4n) is 3.52. The maximum Gasteiger partial charge on any atom is 0.319 e. The van der Waals surface area contributed by atoms with Gasteiger partial charge in [0.15, 0.2) is 9.84 Å². The van der Waals surface area contributed by atoms with Gasteiger partial charge >= 0.3 is 6.03 Å². The molecule has 1 aliphatic rings. The van der Waals surface area contributed by atoms with Crippen molar-refractivity contribution in [3.8, 4) is 0 Å². The molecule has 1 saturated carbocycles. The van der Waals surface area contributed by atoms with E-state index in [1.807, 2.05) is 12.1 Å². The summed E-state index contributed by atoms with van der Waals surface area (Å²) in [6, 6.07) is 9.70. The van der Waals surface area contributed by atoms with Crippen LogP contribution in [0, 0.1) is 5.92 Å². The lowest BCUT2D eigenvalue weighted by Gasteiger charge is -2.21. The van der Waals surface area contributed by atoms with Crippen molar-refractivity contribution in [2.45, 2.75) is 50.0 Å². The third-order valence-electron chi connectivity index (χ3n) is 5.17. The lowest BCUT2D eigenvalue weighted by Crippen LogP contribution is -2.28. The van der Waals surface area contributed by atoms with Crippen LogP contribution in [0.5, 0.6) is 0 Å². The number of pyridine rings is 1. The van der Waals surface area contributed by atoms with E-state index in [0.29, 0.717) is 23.0 Å². The van der Waals surface area contributed by atoms with Crippen LogP contribution in [0.2, 0.25) is 0 Å². The predicted octanol–water partition coefficient (Wildman–Crippen LogP) is 4.15. The van der Waals surface area contributed by atoms with Crippen LogP contribution in [0.15, 0.2) is 53.7 Å². The van der Waals surface area contributed by atoms with E-state index in [9.17, 15) is 13.2 Å². The maximum absolute atomic E-state index is 12.6. The molecule has 1 aromatic carbocycles. The first-order chi connectivity index (χ1) is 13.5. The number of carbonyl (C=O) groups is 1. The first-order valence-electron chi connectivity index (χ1n) is 9.79. The lowest BCUT2D eigenvalue weighted by molar-refractivity contribution is 0.251. The number of nitrogens with one attached hydrogen (secondary N) is 2. The Labute approximate surface area is 166 Å². The van der Waals surface area contributed by atoms with E-state index >= 15 is 0 Å². The molecule has 28 heavy (non-hydrogen) atoms. The number of hydrogen-bond donors (Lipinski definition) is 2. The number of sulfone groups is 1. The van der Waals surface area contributed by atoms with Gasteiger partial charge < -0.3 is 10.6 Å². The summed E-state index contributed by atoms with van der Waals surface area (Å²) in [5, 5.41) is 5.45. The molecule has 0 saturated heterocycles. The Morgan fingerprint density at radius 2 is 1.82 bits per heavy atom. The van der Waals surface area contributed by atoms with Crippen molar-refractivity contribution >= 4 is 21.6 Å². The number of urea groups is 1. The van der Waals surface area contributed by atoms with Crippen LogP contribution in [0.1, 0.15) is 44.1 Å². The molecule has 0 bridgehead atoms. The predicted molar refractivity (Wildman–Crippen MR) is 110 cm³/mol. The Morgan fingerprint density at radius 3 is 2.50 bits per heavy atom. The molecular weight excluding hydrogens is 374 g/mol. The van der Waals surface area contributed by atoms with Gasteiger partial charge in [0.2, 0.25) is 0 Å². The van der Waals surface area contributed by atoms with E-state index in [4.69, 9.17) is 0 Å². The van der Waals surface area contributed by atoms with Crippen molar-refractivity contribution in [2.24, 2.45) is 5.92 Å². The molecule has 3 rings (SSSR count). The quantitative estimate of drug-likeness (QED) is 0.729. The summed E-state index contributed by atoms with van der Waals surface area (Å²) in [6.45, 7) is 0.368. The largest absolute Gasteiger partial charge is 0.334 e. The van der Waals surface area contributed by atoms with E-state index < -0.39 is 9.84 Å². The standard InChI is InChI=1S/C21H27N3O3S/c25-21(23-16-18-7-4-13-22-15-18)24-19-8-10-20(11-9-19)28(26,27)14-12-17-5-2-1-3-6-17/h4,7-11,13,15,17H,1-3,5-6,12,14,16H2,(H2,23,24,25). The molecule has 1 aromatic heterocycles. The SMILES string of the molecule is O=C(NCc1cccnc1)Nc1ccc(S(=O)(=O)CCC2CCCCC2)cc1. The van der Waals surface area contributed by atoms with Crippen LogP contribution in [0.4, 0.5) is 10.5 Å². The van der Waals surface area contributed by atoms with Gasteiger partial charge in [-0.05, 0) is 48.2 Å². The van der Waals surface area contributed by atoms with Crippen LogP contribution in [0.25, 0.3) is 0 Å². The second-order valence-electron chi connectivity index (χ2n) is 7.30. The average Bonchev–Trinajstić information content (AvgIpc) is 2.73. The summed E-state index contributed by atoms with van der Waals surface area (Å²) in [4.78, 5) is 16.3. The number of carbonyl (C=O) groups excluding carboxylic acids is 1. The molecule has 2 amide bonds. The molecule has 1 heterocycles. The molecule has 150 valence electrons. The molecule has 1 fully saturated rings. The van der Waals surface area contributed by atoms with Crippen LogP contribution in [-0.4, -0.2) is 25.2 Å². The fraction of sp³-hybridized carbons (Fsp3) is 0.429. The van der Waals surface area contributed by atoms with Crippen molar-refractivity contribution < 1.29 is 13.2 Å². The number of aromatic nitrogens is 1. The minimum atomic E-state index is -3.29. The van der Waals surface area contributed by atoms with E-state index in [1.54, 1.807) is 36.7 Å². The zero-order chi connectivity index (χ0) is 19.8. The summed E-state index contributed by atoms with van der Waals surface area (Å²) >= 11 is 0. The molecule has 0 aliphatic heterocycles. The van der Waals surface area contributed by atoms with E-state index in [1.165, 1.54) is 19.3 Å². The number of hydrogen-bond acceptors (Lipinski definition) is 4. The monoisotopic (exact) mass is 401 g/mol. The maximum atomic E-state index is 12.6. The van der Waals surface area contributed by atoms with Gasteiger partial charge in [0, 0.05) is 24.6 Å². The number of nitrogens with zero attached hydrogens (tertiary/aromatic N) is 1. The first-order valence-corrected chi connectivity index (χ1v) is 11.4. The summed E-state index contributed by atoms with van der Waals surface area (Å²) in [6.07, 6.45) is 10.1. The zero-order valence-electron chi connectivity index (χ0n) is 15.9. The zero-order valence-corrected chi connectivity index (χ0v) is 16.7. The number of anilines is 1. The van der Waals surface area contributed by atoms with Crippen LogP contribution >= 0.6 is 0 Å². The van der Waals surface area contributed by atoms with E-state index in [0.717, 1.165) is 24.8 Å². The first kappa shape index (κ1) is 20.3. The molecule has 0 unspecified atom stereocenters. The highest BCUT2D eigenvalue weighted by atomic mass is 32.2. The number of benzene rings is 1. The van der Waals surface area contributed by atoms with Crippen molar-refractivity contribution in [2.75, 3.05) is 11.1 Å². The minimum Gasteiger partial charge on any atom is -0.334 e. The van der Waals surface area contributed by atoms with Gasteiger partial charge in [0.25, 0.3) is 0 Å². The molecule has 0 atom stereocenters. The summed E-state index contributed by atoms with van der Waals surface area (Å²) in [5.74, 6) is 0.726. The lowest BCUT2D eigenvalue weighted by atomic mass is 9.88. The topological polar surface area (TPSA) is 88.2 Å². The molecule has 2 aromatic rings. The Balaban J connectivity index is 1.49. The summed E-state index contributed by atoms with van der Waals surface area (Å²) in [7, 11) is -3.29. The van der Waals surface area contributed by atoms with E-state index in [-0.39, 0.29) is 11.8 Å². The van der Waals surface area contributed by atoms with Gasteiger partial charge in [-0.1, -0.05) is 38.2 Å². The molecule has 6 nitrogen and oxygen atoms in total. The van der Waals surface area contributed by atoms with Crippen molar-refractivity contribution in [1.29, 1.82) is 0 Å². The molecule has 0 spiro atoms. The normalized spacial score (nSPS) is 15.1. The van der Waals surface area contributed by atoms with Crippen LogP contribution < -0.4 is 10.6 Å². The molecule has 7 heteroatoms. The average molecular weight is 402 g/mol. The minimum absolute atomic E-state index is 0.191. The number of rotatable bonds is 7. The molecular formula is C21H27N3O3S. The third kappa shape index (κ3) is 6.05. The Morgan fingerprint density at radius 1 is 1.07 bits per heavy atom. The van der Waals surface area contributed by atoms with Crippen molar-refractivity contribution in [3.63, 3.8) is 0 Å². The van der Waals surface area contributed by atoms with Crippen LogP contribution in [0.3, 0.4) is 0 Å². The number of amides is 2. The Bertz CT molecular complexity index is 862. The molecule has 2 N–H and O–H groups in total. The highest BCUT2D eigenvalue weighted by Gasteiger charge is 2.19. The molecule has 1 aliphatic carbocycles. The summed E-state index contributed by atoms with van der Waals surface area (Å²) in [5.41, 5.74) is 1.45. The molecule has 0 radical (unpaired) electrons. The fourth-order valence-corrected chi connectivity index (χ4v) is 4.95. The summed E-state index contributed by atoms with van der Waals surface area (Å²) < 4.78 is 25.1. The van der Waals surface area contributed by atoms with Gasteiger partial charge in [-0.15, -0.1) is 0 Å². The van der Waals surface area contributed by atoms with Crippen molar-refractivity contribution in [3.05, 3.63) is 54.4 Å². The Hall–Kier alpha value is -2.41. The van der Waals surface area contributed by atoms with E-state index in [2.05, 4.69) is 15.6 Å². The van der Waals surface area contributed by atoms with Gasteiger partial charge in [-0.25, -0.2) is 13.2 Å². The second-order valence-corrected chi connectivity index (χ2v) is 9.41. The van der Waals surface area contributed by atoms with Gasteiger partial charge in [-0.3, -0.25) is 4.98 Å². The Kier molecular flexibility index (Phi) is 7.03. The third-order valence-corrected chi connectivity index (χ3v) is 6.93. The van der Waals surface area contributed by atoms with Crippen molar-refractivity contribution in [1.82, 2.24) is 10.3 Å². The van der Waals surface area contributed by atoms with Crippen LogP contribution in [-0.2, 0) is 16.4 Å². The van der Waals surface area contributed by atoms with Gasteiger partial charge in [0.1, 0.15) is 0 Å². The smallest absolute Gasteiger partial charge is 0.319 e. The van der Waals surface area contributed by atoms with Gasteiger partial charge in [-0.2, -0.15) is 0 Å². The second kappa shape index (κ2) is 9.68. The highest BCUT2D eigenvalue weighted by Crippen LogP contribution is 2.27. The highest BCUT2D eigenvalue weighted by molar-refractivity contribution is 7.91. The van der Waals surface area contributed by atoms with Gasteiger partial charge in [0.05, 0.1) is 10.6 Å².